The molecule has 0 bridgehead atoms. The molecule has 100 valence electrons. The highest BCUT2D eigenvalue weighted by atomic mass is 16.4. The van der Waals surface area contributed by atoms with E-state index >= 15 is 0 Å². The van der Waals surface area contributed by atoms with E-state index in [4.69, 9.17) is 5.11 Å². The van der Waals surface area contributed by atoms with Crippen molar-refractivity contribution in [2.75, 3.05) is 19.7 Å². The molecular formula is C14H21NO3. The van der Waals surface area contributed by atoms with Gasteiger partial charge in [0.2, 0.25) is 0 Å². The average Bonchev–Trinajstić information content (AvgIpc) is 2.90. The minimum atomic E-state index is -1.12. The Balaban J connectivity index is 2.04. The Kier molecular flexibility index (Phi) is 4.72. The number of likely N-dealkylation sites (tertiary alicyclic amines) is 1. The fraction of sp³-hybridized carbons (Fsp3) is 0.571. The predicted octanol–water partition coefficient (Wildman–Crippen LogP) is 0.669. The maximum absolute atomic E-state index is 9.85. The lowest BCUT2D eigenvalue weighted by atomic mass is 10.0. The van der Waals surface area contributed by atoms with Crippen LogP contribution in [0.5, 0.6) is 0 Å². The molecule has 1 aliphatic heterocycles. The van der Waals surface area contributed by atoms with Crippen LogP contribution in [-0.2, 0) is 6.54 Å². The van der Waals surface area contributed by atoms with Crippen molar-refractivity contribution in [1.29, 1.82) is 0 Å². The van der Waals surface area contributed by atoms with Gasteiger partial charge in [0.15, 0.2) is 0 Å². The van der Waals surface area contributed by atoms with E-state index in [9.17, 15) is 10.2 Å². The Labute approximate surface area is 107 Å². The fourth-order valence-electron chi connectivity index (χ4n) is 2.40. The highest BCUT2D eigenvalue weighted by Crippen LogP contribution is 2.20. The monoisotopic (exact) mass is 251 g/mol. The van der Waals surface area contributed by atoms with Gasteiger partial charge in [0, 0.05) is 6.54 Å². The van der Waals surface area contributed by atoms with Crippen LogP contribution in [0.25, 0.3) is 0 Å². The topological polar surface area (TPSA) is 63.9 Å². The molecule has 1 aromatic rings. The lowest BCUT2D eigenvalue weighted by Crippen LogP contribution is -2.22. The zero-order valence-corrected chi connectivity index (χ0v) is 10.5. The van der Waals surface area contributed by atoms with Gasteiger partial charge >= 0.3 is 0 Å². The van der Waals surface area contributed by atoms with Crippen LogP contribution in [0.1, 0.15) is 30.1 Å². The average molecular weight is 251 g/mol. The van der Waals surface area contributed by atoms with E-state index in [1.54, 1.807) is 6.07 Å². The van der Waals surface area contributed by atoms with Gasteiger partial charge in [0.25, 0.3) is 0 Å². The molecular weight excluding hydrogens is 230 g/mol. The second-order valence-electron chi connectivity index (χ2n) is 4.92. The molecule has 0 spiro atoms. The van der Waals surface area contributed by atoms with Gasteiger partial charge in [-0.3, -0.25) is 4.90 Å². The second kappa shape index (κ2) is 6.29. The summed E-state index contributed by atoms with van der Waals surface area (Å²) in [5.41, 5.74) is 1.80. The Bertz CT molecular complexity index is 377. The molecule has 0 aromatic heterocycles. The molecule has 1 heterocycles. The van der Waals surface area contributed by atoms with Crippen molar-refractivity contribution in [3.63, 3.8) is 0 Å². The quantitative estimate of drug-likeness (QED) is 0.719. The molecule has 1 aliphatic rings. The van der Waals surface area contributed by atoms with Gasteiger partial charge in [-0.2, -0.15) is 0 Å². The Hall–Kier alpha value is -0.940. The molecule has 0 aliphatic carbocycles. The van der Waals surface area contributed by atoms with Crippen molar-refractivity contribution >= 4 is 0 Å². The summed E-state index contributed by atoms with van der Waals surface area (Å²) in [5, 5.41) is 28.1. The molecule has 0 radical (unpaired) electrons. The van der Waals surface area contributed by atoms with E-state index < -0.39 is 18.8 Å². The lowest BCUT2D eigenvalue weighted by molar-refractivity contribution is -0.0153. The first kappa shape index (κ1) is 13.5. The minimum absolute atomic E-state index is 0.433. The van der Waals surface area contributed by atoms with Crippen LogP contribution < -0.4 is 0 Å². The van der Waals surface area contributed by atoms with Gasteiger partial charge in [-0.25, -0.2) is 0 Å². The van der Waals surface area contributed by atoms with E-state index in [1.807, 2.05) is 18.2 Å². The van der Waals surface area contributed by atoms with Crippen LogP contribution in [0.15, 0.2) is 24.3 Å². The maximum Gasteiger partial charge on any atom is 0.107 e. The zero-order valence-electron chi connectivity index (χ0n) is 10.5. The largest absolute Gasteiger partial charge is 0.394 e. The van der Waals surface area contributed by atoms with Crippen molar-refractivity contribution in [2.45, 2.75) is 31.6 Å². The molecule has 4 nitrogen and oxygen atoms in total. The number of nitrogens with zero attached hydrogens (tertiary/aromatic N) is 1. The summed E-state index contributed by atoms with van der Waals surface area (Å²) in [7, 11) is 0. The van der Waals surface area contributed by atoms with E-state index in [0.717, 1.165) is 25.2 Å². The van der Waals surface area contributed by atoms with E-state index in [-0.39, 0.29) is 0 Å². The van der Waals surface area contributed by atoms with Crippen LogP contribution in [0.4, 0.5) is 0 Å². The first-order valence-corrected chi connectivity index (χ1v) is 6.49. The summed E-state index contributed by atoms with van der Waals surface area (Å²) < 4.78 is 0. The number of hydrogen-bond acceptors (Lipinski definition) is 4. The Morgan fingerprint density at radius 2 is 1.89 bits per heavy atom. The van der Waals surface area contributed by atoms with Crippen molar-refractivity contribution in [1.82, 2.24) is 4.90 Å². The molecule has 3 N–H and O–H groups in total. The molecule has 2 unspecified atom stereocenters. The molecule has 0 amide bonds. The number of aliphatic hydroxyl groups is 3. The molecule has 2 rings (SSSR count). The molecule has 18 heavy (non-hydrogen) atoms. The van der Waals surface area contributed by atoms with Crippen LogP contribution >= 0.6 is 0 Å². The summed E-state index contributed by atoms with van der Waals surface area (Å²) in [6.07, 6.45) is 0.373. The van der Waals surface area contributed by atoms with E-state index in [1.165, 1.54) is 12.8 Å². The maximum atomic E-state index is 9.85. The van der Waals surface area contributed by atoms with Gasteiger partial charge in [0.05, 0.1) is 6.61 Å². The highest BCUT2D eigenvalue weighted by molar-refractivity contribution is 5.26. The van der Waals surface area contributed by atoms with Gasteiger partial charge in [0.1, 0.15) is 12.2 Å². The van der Waals surface area contributed by atoms with Crippen molar-refractivity contribution in [2.24, 2.45) is 0 Å². The normalized spacial score (nSPS) is 19.9. The molecule has 4 heteroatoms. The molecule has 1 aromatic carbocycles. The first-order chi connectivity index (χ1) is 8.70. The number of aliphatic hydroxyl groups excluding tert-OH is 3. The fourth-order valence-corrected chi connectivity index (χ4v) is 2.40. The number of benzene rings is 1. The van der Waals surface area contributed by atoms with Crippen LogP contribution in [0.2, 0.25) is 0 Å². The third-order valence-electron chi connectivity index (χ3n) is 3.45. The molecule has 1 fully saturated rings. The standard InChI is InChI=1S/C14H21NO3/c16-10-13(17)14(18)12-5-3-4-11(8-12)9-15-6-1-2-7-15/h3-5,8,13-14,16-18H,1-2,6-7,9-10H2. The van der Waals surface area contributed by atoms with Crippen LogP contribution in [0.3, 0.4) is 0 Å². The lowest BCUT2D eigenvalue weighted by Gasteiger charge is -2.18. The third-order valence-corrected chi connectivity index (χ3v) is 3.45. The van der Waals surface area contributed by atoms with Gasteiger partial charge in [-0.05, 0) is 37.1 Å². The van der Waals surface area contributed by atoms with Crippen molar-refractivity contribution < 1.29 is 15.3 Å². The molecule has 0 saturated carbocycles. The minimum Gasteiger partial charge on any atom is -0.394 e. The van der Waals surface area contributed by atoms with Gasteiger partial charge in [-0.1, -0.05) is 24.3 Å². The Morgan fingerprint density at radius 1 is 1.17 bits per heavy atom. The van der Waals surface area contributed by atoms with Crippen molar-refractivity contribution in [3.05, 3.63) is 35.4 Å². The molecule has 2 atom stereocenters. The third kappa shape index (κ3) is 3.29. The van der Waals surface area contributed by atoms with Gasteiger partial charge < -0.3 is 15.3 Å². The summed E-state index contributed by atoms with van der Waals surface area (Å²) in [5.74, 6) is 0. The summed E-state index contributed by atoms with van der Waals surface area (Å²) >= 11 is 0. The highest BCUT2D eigenvalue weighted by Gasteiger charge is 2.18. The SMILES string of the molecule is OCC(O)C(O)c1cccc(CN2CCCC2)c1. The Morgan fingerprint density at radius 3 is 2.56 bits per heavy atom. The summed E-state index contributed by atoms with van der Waals surface area (Å²) in [4.78, 5) is 2.38. The smallest absolute Gasteiger partial charge is 0.107 e. The second-order valence-corrected chi connectivity index (χ2v) is 4.92. The predicted molar refractivity (Wildman–Crippen MR) is 69.0 cm³/mol. The summed E-state index contributed by atoms with van der Waals surface area (Å²) in [6, 6.07) is 7.59. The van der Waals surface area contributed by atoms with Crippen LogP contribution in [0, 0.1) is 0 Å². The van der Waals surface area contributed by atoms with Crippen LogP contribution in [-0.4, -0.2) is 46.0 Å². The van der Waals surface area contributed by atoms with Crippen molar-refractivity contribution in [3.8, 4) is 0 Å². The zero-order chi connectivity index (χ0) is 13.0. The number of rotatable bonds is 5. The first-order valence-electron chi connectivity index (χ1n) is 6.49. The van der Waals surface area contributed by atoms with E-state index in [2.05, 4.69) is 4.90 Å². The van der Waals surface area contributed by atoms with E-state index in [0.29, 0.717) is 5.56 Å². The molecule has 1 saturated heterocycles. The number of hydrogen-bond donors (Lipinski definition) is 3. The summed E-state index contributed by atoms with van der Waals surface area (Å²) in [6.45, 7) is 2.71. The van der Waals surface area contributed by atoms with Gasteiger partial charge in [-0.15, -0.1) is 0 Å².